The number of aldehydes is 1. The summed E-state index contributed by atoms with van der Waals surface area (Å²) in [6.07, 6.45) is 2.28. The minimum absolute atomic E-state index is 0.0755. The molecule has 0 aliphatic carbocycles. The van der Waals surface area contributed by atoms with Crippen molar-refractivity contribution in [3.05, 3.63) is 18.4 Å². The lowest BCUT2D eigenvalue weighted by Crippen LogP contribution is -2.21. The topological polar surface area (TPSA) is 97.6 Å². The molecule has 0 atom stereocenters. The number of aromatic nitrogens is 2. The van der Waals surface area contributed by atoms with Crippen molar-refractivity contribution in [2.24, 2.45) is 4.99 Å². The second kappa shape index (κ2) is 5.30. The average molecular weight is 259 g/mol. The fourth-order valence-electron chi connectivity index (χ4n) is 1.65. The molecule has 2 N–H and O–H groups in total. The van der Waals surface area contributed by atoms with Crippen LogP contribution in [-0.4, -0.2) is 36.6 Å². The SMILES string of the molecule is C=Nc1c(-c2ccco2)nc(N)nc1N(C)CC=O. The van der Waals surface area contributed by atoms with Gasteiger partial charge in [-0.25, -0.2) is 4.98 Å². The molecule has 19 heavy (non-hydrogen) atoms. The lowest BCUT2D eigenvalue weighted by Gasteiger charge is -2.18. The van der Waals surface area contributed by atoms with E-state index in [9.17, 15) is 4.79 Å². The number of carbonyl (C=O) groups is 1. The van der Waals surface area contributed by atoms with E-state index in [0.717, 1.165) is 6.29 Å². The zero-order valence-electron chi connectivity index (χ0n) is 10.4. The van der Waals surface area contributed by atoms with Gasteiger partial charge in [0.2, 0.25) is 5.95 Å². The molecule has 0 amide bonds. The van der Waals surface area contributed by atoms with Crippen LogP contribution >= 0.6 is 0 Å². The van der Waals surface area contributed by atoms with Crippen molar-refractivity contribution in [1.29, 1.82) is 0 Å². The van der Waals surface area contributed by atoms with Gasteiger partial charge >= 0.3 is 0 Å². The number of furan rings is 1. The normalized spacial score (nSPS) is 10.2. The predicted octanol–water partition coefficient (Wildman–Crippen LogP) is 1.29. The summed E-state index contributed by atoms with van der Waals surface area (Å²) in [7, 11) is 1.71. The molecule has 7 heteroatoms. The third kappa shape index (κ3) is 2.44. The zero-order valence-corrected chi connectivity index (χ0v) is 10.4. The second-order valence-electron chi connectivity index (χ2n) is 3.79. The summed E-state index contributed by atoms with van der Waals surface area (Å²) >= 11 is 0. The molecule has 0 spiro atoms. The summed E-state index contributed by atoms with van der Waals surface area (Å²) in [4.78, 5) is 24.3. The molecular formula is C12H13N5O2. The highest BCUT2D eigenvalue weighted by Crippen LogP contribution is 2.36. The summed E-state index contributed by atoms with van der Waals surface area (Å²) in [6, 6.07) is 3.47. The molecule has 7 nitrogen and oxygen atoms in total. The highest BCUT2D eigenvalue weighted by molar-refractivity contribution is 5.81. The fourth-order valence-corrected chi connectivity index (χ4v) is 1.65. The van der Waals surface area contributed by atoms with Crippen molar-refractivity contribution < 1.29 is 9.21 Å². The third-order valence-corrected chi connectivity index (χ3v) is 2.51. The maximum atomic E-state index is 10.6. The monoisotopic (exact) mass is 259 g/mol. The second-order valence-corrected chi connectivity index (χ2v) is 3.79. The first-order chi connectivity index (χ1) is 9.17. The zero-order chi connectivity index (χ0) is 13.8. The number of aliphatic imine (C=N–C) groups is 1. The quantitative estimate of drug-likeness (QED) is 0.641. The fraction of sp³-hybridized carbons (Fsp3) is 0.167. The van der Waals surface area contributed by atoms with Crippen molar-refractivity contribution in [2.45, 2.75) is 0 Å². The van der Waals surface area contributed by atoms with Crippen molar-refractivity contribution in [3.63, 3.8) is 0 Å². The van der Waals surface area contributed by atoms with Crippen molar-refractivity contribution >= 4 is 30.5 Å². The third-order valence-electron chi connectivity index (χ3n) is 2.51. The summed E-state index contributed by atoms with van der Waals surface area (Å²) in [5, 5.41) is 0. The van der Waals surface area contributed by atoms with Crippen LogP contribution in [0.1, 0.15) is 0 Å². The molecule has 0 fully saturated rings. The Hall–Kier alpha value is -2.70. The number of likely N-dealkylation sites (N-methyl/N-ethyl adjacent to an activating group) is 1. The van der Waals surface area contributed by atoms with E-state index in [4.69, 9.17) is 10.2 Å². The summed E-state index contributed by atoms with van der Waals surface area (Å²) in [6.45, 7) is 3.67. The van der Waals surface area contributed by atoms with Crippen molar-refractivity contribution in [2.75, 3.05) is 24.2 Å². The molecule has 2 aromatic heterocycles. The lowest BCUT2D eigenvalue weighted by atomic mass is 10.2. The molecule has 2 heterocycles. The number of nitrogens with two attached hydrogens (primary N) is 1. The smallest absolute Gasteiger partial charge is 0.222 e. The standard InChI is InChI=1S/C12H13N5O2/c1-14-10-9(8-4-3-7-19-8)15-12(13)16-11(10)17(2)5-6-18/h3-4,6-7H,1,5H2,2H3,(H2,13,15,16). The van der Waals surface area contributed by atoms with Gasteiger partial charge in [-0.3, -0.25) is 4.99 Å². The van der Waals surface area contributed by atoms with Gasteiger partial charge in [0.25, 0.3) is 0 Å². The van der Waals surface area contributed by atoms with Crippen LogP contribution in [0.15, 0.2) is 27.8 Å². The van der Waals surface area contributed by atoms with E-state index < -0.39 is 0 Å². The van der Waals surface area contributed by atoms with E-state index in [1.165, 1.54) is 6.26 Å². The lowest BCUT2D eigenvalue weighted by molar-refractivity contribution is -0.106. The van der Waals surface area contributed by atoms with Gasteiger partial charge in [0.1, 0.15) is 17.7 Å². The first-order valence-electron chi connectivity index (χ1n) is 5.50. The summed E-state index contributed by atoms with van der Waals surface area (Å²) in [5.74, 6) is 1.02. The first-order valence-corrected chi connectivity index (χ1v) is 5.50. The van der Waals surface area contributed by atoms with E-state index >= 15 is 0 Å². The van der Waals surface area contributed by atoms with Crippen LogP contribution in [0, 0.1) is 0 Å². The Morgan fingerprint density at radius 3 is 2.95 bits per heavy atom. The van der Waals surface area contributed by atoms with Crippen LogP contribution in [0.25, 0.3) is 11.5 Å². The van der Waals surface area contributed by atoms with Crippen molar-refractivity contribution in [3.8, 4) is 11.5 Å². The molecule has 98 valence electrons. The first kappa shape index (κ1) is 12.7. The Morgan fingerprint density at radius 1 is 1.58 bits per heavy atom. The van der Waals surface area contributed by atoms with E-state index in [2.05, 4.69) is 21.7 Å². The molecular weight excluding hydrogens is 246 g/mol. The Bertz CT molecular complexity index is 594. The van der Waals surface area contributed by atoms with Gasteiger partial charge in [-0.2, -0.15) is 4.98 Å². The van der Waals surface area contributed by atoms with E-state index in [1.807, 2.05) is 0 Å². The predicted molar refractivity (Wildman–Crippen MR) is 72.7 cm³/mol. The maximum Gasteiger partial charge on any atom is 0.222 e. The molecule has 2 rings (SSSR count). The minimum Gasteiger partial charge on any atom is -0.463 e. The van der Waals surface area contributed by atoms with Crippen LogP contribution in [0.4, 0.5) is 17.5 Å². The van der Waals surface area contributed by atoms with Crippen LogP contribution in [0.2, 0.25) is 0 Å². The van der Waals surface area contributed by atoms with E-state index in [-0.39, 0.29) is 12.5 Å². The Labute approximate surface area is 109 Å². The molecule has 0 unspecified atom stereocenters. The van der Waals surface area contributed by atoms with Gasteiger partial charge in [-0.05, 0) is 18.9 Å². The summed E-state index contributed by atoms with van der Waals surface area (Å²) in [5.41, 5.74) is 6.55. The van der Waals surface area contributed by atoms with Gasteiger partial charge < -0.3 is 19.8 Å². The minimum atomic E-state index is 0.0755. The average Bonchev–Trinajstić information content (AvgIpc) is 2.91. The number of hydrogen-bond donors (Lipinski definition) is 1. The van der Waals surface area contributed by atoms with Gasteiger partial charge in [0, 0.05) is 7.05 Å². The molecule has 0 radical (unpaired) electrons. The van der Waals surface area contributed by atoms with Gasteiger partial charge in [0.15, 0.2) is 11.6 Å². The van der Waals surface area contributed by atoms with Crippen molar-refractivity contribution in [1.82, 2.24) is 9.97 Å². The molecule has 0 aromatic carbocycles. The molecule has 0 saturated heterocycles. The highest BCUT2D eigenvalue weighted by atomic mass is 16.3. The van der Waals surface area contributed by atoms with E-state index in [0.29, 0.717) is 23.0 Å². The van der Waals surface area contributed by atoms with E-state index in [1.54, 1.807) is 24.1 Å². The maximum absolute atomic E-state index is 10.6. The van der Waals surface area contributed by atoms with Gasteiger partial charge in [-0.1, -0.05) is 0 Å². The Balaban J connectivity index is 2.61. The van der Waals surface area contributed by atoms with Crippen LogP contribution in [-0.2, 0) is 4.79 Å². The molecule has 2 aromatic rings. The number of hydrogen-bond acceptors (Lipinski definition) is 7. The number of anilines is 2. The Kier molecular flexibility index (Phi) is 3.56. The molecule has 0 saturated carbocycles. The number of rotatable bonds is 5. The van der Waals surface area contributed by atoms with Crippen LogP contribution in [0.3, 0.4) is 0 Å². The highest BCUT2D eigenvalue weighted by Gasteiger charge is 2.18. The van der Waals surface area contributed by atoms with Gasteiger partial charge in [-0.15, -0.1) is 0 Å². The Morgan fingerprint density at radius 2 is 2.37 bits per heavy atom. The van der Waals surface area contributed by atoms with Crippen LogP contribution < -0.4 is 10.6 Å². The van der Waals surface area contributed by atoms with Crippen LogP contribution in [0.5, 0.6) is 0 Å². The summed E-state index contributed by atoms with van der Waals surface area (Å²) < 4.78 is 5.29. The number of nitrogen functional groups attached to an aromatic ring is 1. The molecule has 0 aliphatic rings. The van der Waals surface area contributed by atoms with Gasteiger partial charge in [0.05, 0.1) is 12.8 Å². The number of nitrogens with zero attached hydrogens (tertiary/aromatic N) is 4. The molecule has 0 bridgehead atoms. The largest absolute Gasteiger partial charge is 0.463 e. The molecule has 0 aliphatic heterocycles. The number of carbonyl (C=O) groups excluding carboxylic acids is 1.